The zero-order chi connectivity index (χ0) is 20.5. The standard InChI is InChI=1S/C22H26FN3O2.ClH/c1-13-17(9-15(10-18(13)23)21(28)26-16-6-7-16)19-8-5-14(11-24-19)20(27)25-12-22(2,3)4;/h5,8-11,16H,6-7,12H2,1-4H3,(H,25,27)(H,26,28);1H. The maximum atomic E-state index is 14.4. The SMILES string of the molecule is Cc1c(F)cc(C(=O)NC2CC2)cc1-c1ccc(C(=O)NCC(C)(C)C)cn1.Cl. The number of pyridine rings is 1. The molecular weight excluding hydrogens is 393 g/mol. The molecule has 29 heavy (non-hydrogen) atoms. The van der Waals surface area contributed by atoms with E-state index in [0.717, 1.165) is 12.8 Å². The Bertz CT molecular complexity index is 904. The molecule has 0 atom stereocenters. The van der Waals surface area contributed by atoms with Crippen molar-refractivity contribution in [1.82, 2.24) is 15.6 Å². The fourth-order valence-electron chi connectivity index (χ4n) is 2.71. The average molecular weight is 420 g/mol. The van der Waals surface area contributed by atoms with Gasteiger partial charge in [0.25, 0.3) is 11.8 Å². The number of rotatable bonds is 5. The van der Waals surface area contributed by atoms with Crippen LogP contribution in [0.5, 0.6) is 0 Å². The Morgan fingerprint density at radius 3 is 2.38 bits per heavy atom. The average Bonchev–Trinajstić information content (AvgIpc) is 3.45. The topological polar surface area (TPSA) is 71.1 Å². The molecule has 156 valence electrons. The zero-order valence-corrected chi connectivity index (χ0v) is 18.0. The van der Waals surface area contributed by atoms with Crippen LogP contribution in [0.3, 0.4) is 0 Å². The predicted octanol–water partition coefficient (Wildman–Crippen LogP) is 4.29. The number of nitrogens with zero attached hydrogens (tertiary/aromatic N) is 1. The Hall–Kier alpha value is -2.47. The number of hydrogen-bond acceptors (Lipinski definition) is 3. The fraction of sp³-hybridized carbons (Fsp3) is 0.409. The molecule has 0 spiro atoms. The van der Waals surface area contributed by atoms with Gasteiger partial charge in [-0.15, -0.1) is 12.4 Å². The van der Waals surface area contributed by atoms with E-state index in [2.05, 4.69) is 15.6 Å². The Labute approximate surface area is 176 Å². The summed E-state index contributed by atoms with van der Waals surface area (Å²) < 4.78 is 14.4. The second kappa shape index (κ2) is 8.91. The Morgan fingerprint density at radius 2 is 1.83 bits per heavy atom. The van der Waals surface area contributed by atoms with Crippen molar-refractivity contribution in [3.8, 4) is 11.3 Å². The Kier molecular flexibility index (Phi) is 7.01. The van der Waals surface area contributed by atoms with Crippen molar-refractivity contribution in [2.75, 3.05) is 6.54 Å². The fourth-order valence-corrected chi connectivity index (χ4v) is 2.71. The highest BCUT2D eigenvalue weighted by Crippen LogP contribution is 2.26. The second-order valence-corrected chi connectivity index (χ2v) is 8.55. The van der Waals surface area contributed by atoms with Crippen molar-refractivity contribution in [2.24, 2.45) is 5.41 Å². The lowest BCUT2D eigenvalue weighted by Crippen LogP contribution is -2.32. The van der Waals surface area contributed by atoms with Gasteiger partial charge in [0, 0.05) is 29.9 Å². The molecule has 2 aromatic rings. The van der Waals surface area contributed by atoms with Crippen LogP contribution in [0.2, 0.25) is 0 Å². The van der Waals surface area contributed by atoms with Crippen LogP contribution in [0.4, 0.5) is 4.39 Å². The van der Waals surface area contributed by atoms with Crippen LogP contribution >= 0.6 is 12.4 Å². The van der Waals surface area contributed by atoms with E-state index in [0.29, 0.717) is 28.9 Å². The molecule has 1 aliphatic carbocycles. The van der Waals surface area contributed by atoms with Gasteiger partial charge in [-0.05, 0) is 55.0 Å². The van der Waals surface area contributed by atoms with E-state index in [-0.39, 0.29) is 41.2 Å². The number of hydrogen-bond donors (Lipinski definition) is 2. The smallest absolute Gasteiger partial charge is 0.252 e. The lowest BCUT2D eigenvalue weighted by Gasteiger charge is -2.18. The molecule has 3 rings (SSSR count). The number of halogens is 2. The summed E-state index contributed by atoms with van der Waals surface area (Å²) in [6.07, 6.45) is 3.40. The first-order valence-electron chi connectivity index (χ1n) is 9.50. The highest BCUT2D eigenvalue weighted by molar-refractivity contribution is 5.96. The van der Waals surface area contributed by atoms with Crippen LogP contribution in [0.1, 0.15) is 59.9 Å². The number of aromatic nitrogens is 1. The van der Waals surface area contributed by atoms with Crippen LogP contribution in [-0.2, 0) is 0 Å². The van der Waals surface area contributed by atoms with E-state index in [4.69, 9.17) is 0 Å². The highest BCUT2D eigenvalue weighted by Gasteiger charge is 2.24. The molecule has 0 aliphatic heterocycles. The Balaban J connectivity index is 0.00000300. The minimum absolute atomic E-state index is 0. The van der Waals surface area contributed by atoms with Gasteiger partial charge in [-0.3, -0.25) is 14.6 Å². The monoisotopic (exact) mass is 419 g/mol. The summed E-state index contributed by atoms with van der Waals surface area (Å²) in [6, 6.07) is 6.44. The van der Waals surface area contributed by atoms with Crippen molar-refractivity contribution in [3.63, 3.8) is 0 Å². The Morgan fingerprint density at radius 1 is 1.14 bits per heavy atom. The van der Waals surface area contributed by atoms with Gasteiger partial charge in [-0.2, -0.15) is 0 Å². The third kappa shape index (κ3) is 6.00. The first-order valence-corrected chi connectivity index (χ1v) is 9.50. The quantitative estimate of drug-likeness (QED) is 0.759. The van der Waals surface area contributed by atoms with Gasteiger partial charge in [-0.25, -0.2) is 4.39 Å². The van der Waals surface area contributed by atoms with Crippen LogP contribution in [0, 0.1) is 18.2 Å². The minimum Gasteiger partial charge on any atom is -0.351 e. The van der Waals surface area contributed by atoms with Crippen molar-refractivity contribution in [3.05, 3.63) is 53.0 Å². The molecular formula is C22H27ClFN3O2. The third-order valence-corrected chi connectivity index (χ3v) is 4.60. The normalized spacial score (nSPS) is 13.4. The van der Waals surface area contributed by atoms with Gasteiger partial charge in [0.1, 0.15) is 5.82 Å². The molecule has 1 fully saturated rings. The first kappa shape index (κ1) is 22.8. The number of benzene rings is 1. The van der Waals surface area contributed by atoms with Crippen LogP contribution in [0.15, 0.2) is 30.5 Å². The van der Waals surface area contributed by atoms with E-state index in [1.54, 1.807) is 25.1 Å². The molecule has 7 heteroatoms. The molecule has 0 bridgehead atoms. The molecule has 2 N–H and O–H groups in total. The van der Waals surface area contributed by atoms with Crippen LogP contribution in [0.25, 0.3) is 11.3 Å². The van der Waals surface area contributed by atoms with Gasteiger partial charge >= 0.3 is 0 Å². The number of carbonyl (C=O) groups excluding carboxylic acids is 2. The van der Waals surface area contributed by atoms with Gasteiger partial charge < -0.3 is 10.6 Å². The summed E-state index contributed by atoms with van der Waals surface area (Å²) in [5.41, 5.74) is 2.18. The summed E-state index contributed by atoms with van der Waals surface area (Å²) in [5, 5.41) is 5.74. The maximum absolute atomic E-state index is 14.4. The second-order valence-electron chi connectivity index (χ2n) is 8.55. The molecule has 0 radical (unpaired) electrons. The number of carbonyl (C=O) groups is 2. The van der Waals surface area contributed by atoms with Gasteiger partial charge in [0.15, 0.2) is 0 Å². The van der Waals surface area contributed by atoms with E-state index in [1.165, 1.54) is 12.3 Å². The summed E-state index contributed by atoms with van der Waals surface area (Å²) in [7, 11) is 0. The molecule has 1 heterocycles. The molecule has 2 amide bonds. The summed E-state index contributed by atoms with van der Waals surface area (Å²) in [6.45, 7) is 8.32. The van der Waals surface area contributed by atoms with Gasteiger partial charge in [0.2, 0.25) is 0 Å². The molecule has 1 aliphatic rings. The number of nitrogens with one attached hydrogen (secondary N) is 2. The van der Waals surface area contributed by atoms with Crippen molar-refractivity contribution < 1.29 is 14.0 Å². The molecule has 1 aromatic heterocycles. The molecule has 0 saturated heterocycles. The minimum atomic E-state index is -0.452. The summed E-state index contributed by atoms with van der Waals surface area (Å²) in [5.74, 6) is -0.928. The van der Waals surface area contributed by atoms with Crippen LogP contribution in [-0.4, -0.2) is 29.4 Å². The molecule has 5 nitrogen and oxygen atoms in total. The van der Waals surface area contributed by atoms with E-state index in [9.17, 15) is 14.0 Å². The molecule has 1 aromatic carbocycles. The molecule has 1 saturated carbocycles. The van der Waals surface area contributed by atoms with Crippen LogP contribution < -0.4 is 10.6 Å². The van der Waals surface area contributed by atoms with Gasteiger partial charge in [0.05, 0.1) is 11.3 Å². The number of amides is 2. The van der Waals surface area contributed by atoms with E-state index < -0.39 is 5.82 Å². The predicted molar refractivity (Wildman–Crippen MR) is 114 cm³/mol. The van der Waals surface area contributed by atoms with E-state index in [1.807, 2.05) is 20.8 Å². The summed E-state index contributed by atoms with van der Waals surface area (Å²) in [4.78, 5) is 28.9. The highest BCUT2D eigenvalue weighted by atomic mass is 35.5. The van der Waals surface area contributed by atoms with Crippen molar-refractivity contribution >= 4 is 24.2 Å². The first-order chi connectivity index (χ1) is 13.1. The maximum Gasteiger partial charge on any atom is 0.252 e. The zero-order valence-electron chi connectivity index (χ0n) is 17.1. The molecule has 0 unspecified atom stereocenters. The summed E-state index contributed by atoms with van der Waals surface area (Å²) >= 11 is 0. The largest absolute Gasteiger partial charge is 0.351 e. The van der Waals surface area contributed by atoms with Crippen molar-refractivity contribution in [2.45, 2.75) is 46.6 Å². The van der Waals surface area contributed by atoms with E-state index >= 15 is 0 Å². The lowest BCUT2D eigenvalue weighted by atomic mass is 9.97. The van der Waals surface area contributed by atoms with Crippen molar-refractivity contribution in [1.29, 1.82) is 0 Å². The van der Waals surface area contributed by atoms with Gasteiger partial charge in [-0.1, -0.05) is 20.8 Å². The lowest BCUT2D eigenvalue weighted by molar-refractivity contribution is 0.0935. The third-order valence-electron chi connectivity index (χ3n) is 4.60.